The van der Waals surface area contributed by atoms with Crippen LogP contribution in [0, 0.1) is 0 Å². The van der Waals surface area contributed by atoms with Crippen LogP contribution in [-0.4, -0.2) is 17.3 Å². The summed E-state index contributed by atoms with van der Waals surface area (Å²) in [6.07, 6.45) is -0.856. The smallest absolute Gasteiger partial charge is 0.507 e. The van der Waals surface area contributed by atoms with Crippen molar-refractivity contribution in [1.82, 2.24) is 0 Å². The van der Waals surface area contributed by atoms with Crippen LogP contribution in [0.2, 0.25) is 0 Å². The average molecular weight is 267 g/mol. The van der Waals surface area contributed by atoms with Crippen LogP contribution in [0.25, 0.3) is 6.08 Å². The van der Waals surface area contributed by atoms with Crippen LogP contribution in [0.15, 0.2) is 24.3 Å². The molecule has 0 unspecified atom stereocenters. The quantitative estimate of drug-likeness (QED) is 0.837. The van der Waals surface area contributed by atoms with Crippen molar-refractivity contribution in [3.63, 3.8) is 0 Å². The van der Waals surface area contributed by atoms with E-state index in [0.717, 1.165) is 12.1 Å². The molecule has 0 aromatic heterocycles. The van der Waals surface area contributed by atoms with Crippen molar-refractivity contribution < 1.29 is 23.0 Å². The number of rotatable bonds is 4. The lowest BCUT2D eigenvalue weighted by Gasteiger charge is -2.09. The molecule has 0 aliphatic carbocycles. The maximum atomic E-state index is 11.9. The molecule has 94 valence electrons. The highest BCUT2D eigenvalue weighted by atomic mass is 35.5. The van der Waals surface area contributed by atoms with Crippen LogP contribution in [0.5, 0.6) is 11.5 Å². The van der Waals surface area contributed by atoms with Crippen LogP contribution < -0.4 is 4.74 Å². The van der Waals surface area contributed by atoms with Gasteiger partial charge in [0, 0.05) is 17.5 Å². The number of ether oxygens (including phenoxy) is 1. The number of hydrogen-bond donors (Lipinski definition) is 1. The fourth-order valence-corrected chi connectivity index (χ4v) is 1.26. The number of phenolic OH excluding ortho intramolecular Hbond substituents is 1. The molecular weight excluding hydrogens is 257 g/mol. The van der Waals surface area contributed by atoms with Crippen LogP contribution in [0.3, 0.4) is 0 Å². The Kier molecular flexibility index (Phi) is 4.69. The van der Waals surface area contributed by atoms with E-state index in [1.807, 2.05) is 0 Å². The Morgan fingerprint density at radius 2 is 2.06 bits per heavy atom. The van der Waals surface area contributed by atoms with Gasteiger partial charge in [-0.15, -0.1) is 24.8 Å². The molecule has 1 aromatic rings. The lowest BCUT2D eigenvalue weighted by Crippen LogP contribution is -2.16. The Balaban J connectivity index is 2.79. The number of phenols is 1. The summed E-state index contributed by atoms with van der Waals surface area (Å²) in [6.45, 7) is 0. The lowest BCUT2D eigenvalue weighted by atomic mass is 10.1. The first-order chi connectivity index (χ1) is 7.92. The van der Waals surface area contributed by atoms with E-state index in [4.69, 9.17) is 11.6 Å². The topological polar surface area (TPSA) is 29.5 Å². The number of aromatic hydroxyl groups is 1. The summed E-state index contributed by atoms with van der Waals surface area (Å²) in [6, 6.07) is 3.38. The van der Waals surface area contributed by atoms with Gasteiger partial charge in [0.1, 0.15) is 11.5 Å². The predicted molar refractivity (Wildman–Crippen MR) is 59.2 cm³/mol. The van der Waals surface area contributed by atoms with Gasteiger partial charge in [-0.1, -0.05) is 12.2 Å². The molecule has 0 aliphatic rings. The van der Waals surface area contributed by atoms with E-state index in [0.29, 0.717) is 17.9 Å². The monoisotopic (exact) mass is 266 g/mol. The summed E-state index contributed by atoms with van der Waals surface area (Å²) in [5.41, 5.74) is 0.407. The van der Waals surface area contributed by atoms with Crippen molar-refractivity contribution in [2.45, 2.75) is 12.8 Å². The van der Waals surface area contributed by atoms with Crippen molar-refractivity contribution >= 4 is 17.7 Å². The largest absolute Gasteiger partial charge is 0.573 e. The molecule has 6 heteroatoms. The number of alkyl halides is 4. The van der Waals surface area contributed by atoms with E-state index in [1.165, 1.54) is 6.07 Å². The SMILES string of the molecule is Oc1cc(OC(F)(F)F)ccc1C=CCCCl. The zero-order chi connectivity index (χ0) is 12.9. The molecule has 1 aromatic carbocycles. The number of halogens is 4. The van der Waals surface area contributed by atoms with E-state index in [2.05, 4.69) is 4.74 Å². The van der Waals surface area contributed by atoms with E-state index in [-0.39, 0.29) is 5.75 Å². The summed E-state index contributed by atoms with van der Waals surface area (Å²) in [5.74, 6) is -0.297. The molecule has 0 heterocycles. The molecule has 0 amide bonds. The van der Waals surface area contributed by atoms with E-state index in [9.17, 15) is 18.3 Å². The van der Waals surface area contributed by atoms with E-state index < -0.39 is 12.1 Å². The lowest BCUT2D eigenvalue weighted by molar-refractivity contribution is -0.274. The van der Waals surface area contributed by atoms with Gasteiger partial charge in [-0.05, 0) is 18.6 Å². The first kappa shape index (κ1) is 13.7. The standard InChI is InChI=1S/C11H10ClF3O2/c12-6-2-1-3-8-4-5-9(7-10(8)16)17-11(13,14)15/h1,3-5,7,16H,2,6H2. The fourth-order valence-electron chi connectivity index (χ4n) is 1.13. The average Bonchev–Trinajstić information content (AvgIpc) is 2.19. The Labute approximate surface area is 101 Å². The van der Waals surface area contributed by atoms with Gasteiger partial charge in [0.25, 0.3) is 0 Å². The second-order valence-corrected chi connectivity index (χ2v) is 3.53. The van der Waals surface area contributed by atoms with Gasteiger partial charge in [-0.3, -0.25) is 0 Å². The van der Waals surface area contributed by atoms with Crippen LogP contribution >= 0.6 is 11.6 Å². The molecule has 0 fully saturated rings. The molecular formula is C11H10ClF3O2. The van der Waals surface area contributed by atoms with Crippen LogP contribution in [0.1, 0.15) is 12.0 Å². The first-order valence-corrected chi connectivity index (χ1v) is 5.27. The molecule has 0 atom stereocenters. The summed E-state index contributed by atoms with van der Waals surface area (Å²) < 4.78 is 39.3. The molecule has 0 spiro atoms. The fraction of sp³-hybridized carbons (Fsp3) is 0.273. The normalized spacial score (nSPS) is 12.0. The zero-order valence-electron chi connectivity index (χ0n) is 8.67. The predicted octanol–water partition coefficient (Wildman–Crippen LogP) is 3.93. The highest BCUT2D eigenvalue weighted by Crippen LogP contribution is 2.28. The molecule has 2 nitrogen and oxygen atoms in total. The third-order valence-corrected chi connectivity index (χ3v) is 2.03. The minimum atomic E-state index is -4.76. The van der Waals surface area contributed by atoms with E-state index in [1.54, 1.807) is 12.2 Å². The number of benzene rings is 1. The van der Waals surface area contributed by atoms with E-state index >= 15 is 0 Å². The second-order valence-electron chi connectivity index (χ2n) is 3.15. The van der Waals surface area contributed by atoms with Gasteiger partial charge in [0.05, 0.1) is 0 Å². The Morgan fingerprint density at radius 3 is 2.59 bits per heavy atom. The molecule has 17 heavy (non-hydrogen) atoms. The zero-order valence-corrected chi connectivity index (χ0v) is 9.42. The van der Waals surface area contributed by atoms with Gasteiger partial charge in [-0.25, -0.2) is 0 Å². The molecule has 0 radical (unpaired) electrons. The highest BCUT2D eigenvalue weighted by molar-refractivity contribution is 6.17. The van der Waals surface area contributed by atoms with Gasteiger partial charge in [-0.2, -0.15) is 0 Å². The molecule has 0 aliphatic heterocycles. The minimum Gasteiger partial charge on any atom is -0.507 e. The van der Waals surface area contributed by atoms with Gasteiger partial charge >= 0.3 is 6.36 Å². The van der Waals surface area contributed by atoms with Crippen molar-refractivity contribution in [2.75, 3.05) is 5.88 Å². The second kappa shape index (κ2) is 5.82. The van der Waals surface area contributed by atoms with Gasteiger partial charge in [0.2, 0.25) is 0 Å². The third-order valence-electron chi connectivity index (χ3n) is 1.81. The maximum Gasteiger partial charge on any atom is 0.573 e. The molecule has 1 N–H and O–H groups in total. The van der Waals surface area contributed by atoms with Crippen molar-refractivity contribution in [1.29, 1.82) is 0 Å². The maximum absolute atomic E-state index is 11.9. The highest BCUT2D eigenvalue weighted by Gasteiger charge is 2.31. The number of allylic oxidation sites excluding steroid dienone is 1. The van der Waals surface area contributed by atoms with Crippen LogP contribution in [-0.2, 0) is 0 Å². The summed E-state index contributed by atoms with van der Waals surface area (Å²) in [4.78, 5) is 0. The summed E-state index contributed by atoms with van der Waals surface area (Å²) >= 11 is 5.45. The van der Waals surface area contributed by atoms with Gasteiger partial charge < -0.3 is 9.84 Å². The van der Waals surface area contributed by atoms with Gasteiger partial charge in [0.15, 0.2) is 0 Å². The Bertz CT molecular complexity index is 402. The Morgan fingerprint density at radius 1 is 1.35 bits per heavy atom. The summed E-state index contributed by atoms with van der Waals surface area (Å²) in [5, 5.41) is 9.46. The molecule has 0 bridgehead atoms. The molecule has 0 saturated carbocycles. The first-order valence-electron chi connectivity index (χ1n) is 4.73. The minimum absolute atomic E-state index is 0.280. The third kappa shape index (κ3) is 4.99. The summed E-state index contributed by atoms with van der Waals surface area (Å²) in [7, 11) is 0. The molecule has 0 saturated heterocycles. The molecule has 1 rings (SSSR count). The van der Waals surface area contributed by atoms with Crippen molar-refractivity contribution in [3.8, 4) is 11.5 Å². The van der Waals surface area contributed by atoms with Crippen LogP contribution in [0.4, 0.5) is 13.2 Å². The van der Waals surface area contributed by atoms with Crippen molar-refractivity contribution in [2.24, 2.45) is 0 Å². The van der Waals surface area contributed by atoms with Crippen molar-refractivity contribution in [3.05, 3.63) is 29.8 Å². The Hall–Kier alpha value is -1.36. The number of hydrogen-bond acceptors (Lipinski definition) is 2.